The monoisotopic (exact) mass is 234 g/mol. The van der Waals surface area contributed by atoms with E-state index >= 15 is 0 Å². The molecule has 4 nitrogen and oxygen atoms in total. The smallest absolute Gasteiger partial charge is 0.402 e. The van der Waals surface area contributed by atoms with Gasteiger partial charge in [0.25, 0.3) is 0 Å². The molecule has 0 aromatic heterocycles. The first-order chi connectivity index (χ1) is 6.03. The molecule has 0 saturated heterocycles. The van der Waals surface area contributed by atoms with Crippen molar-refractivity contribution in [3.8, 4) is 0 Å². The minimum absolute atomic E-state index is 0.998. The number of aliphatic carboxylic acids is 1. The van der Waals surface area contributed by atoms with Crippen molar-refractivity contribution in [2.24, 2.45) is 5.92 Å². The fourth-order valence-corrected chi connectivity index (χ4v) is 2.28. The van der Waals surface area contributed by atoms with Crippen molar-refractivity contribution in [2.45, 2.75) is 13.1 Å². The van der Waals surface area contributed by atoms with Crippen molar-refractivity contribution < 1.29 is 31.5 Å². The molecule has 0 aliphatic rings. The highest BCUT2D eigenvalue weighted by Crippen LogP contribution is 2.18. The zero-order chi connectivity index (χ0) is 11.6. The van der Waals surface area contributed by atoms with Crippen molar-refractivity contribution in [3.63, 3.8) is 0 Å². The van der Waals surface area contributed by atoms with E-state index in [0.717, 1.165) is 6.92 Å². The molecule has 0 radical (unpaired) electrons. The minimum Gasteiger partial charge on any atom is -0.481 e. The topological polar surface area (TPSA) is 71.4 Å². The summed E-state index contributed by atoms with van der Waals surface area (Å²) in [4.78, 5) is 10.2. The molecule has 8 heteroatoms. The van der Waals surface area contributed by atoms with Crippen LogP contribution in [-0.2, 0) is 14.6 Å². The molecule has 0 amide bonds. The lowest BCUT2D eigenvalue weighted by Crippen LogP contribution is -2.29. The largest absolute Gasteiger partial charge is 0.481 e. The third-order valence-electron chi connectivity index (χ3n) is 1.31. The molecule has 0 aromatic rings. The normalized spacial score (nSPS) is 15.1. The first kappa shape index (κ1) is 13.2. The Labute approximate surface area is 78.6 Å². The lowest BCUT2D eigenvalue weighted by molar-refractivity contribution is -0.140. The van der Waals surface area contributed by atoms with Gasteiger partial charge < -0.3 is 5.11 Å². The number of alkyl halides is 3. The van der Waals surface area contributed by atoms with E-state index in [2.05, 4.69) is 0 Å². The van der Waals surface area contributed by atoms with Crippen LogP contribution in [0.2, 0.25) is 0 Å². The van der Waals surface area contributed by atoms with Gasteiger partial charge in [-0.3, -0.25) is 4.79 Å². The predicted molar refractivity (Wildman–Crippen MR) is 41.5 cm³/mol. The van der Waals surface area contributed by atoms with Gasteiger partial charge in [-0.2, -0.15) is 13.2 Å². The van der Waals surface area contributed by atoms with Crippen molar-refractivity contribution in [1.82, 2.24) is 0 Å². The van der Waals surface area contributed by atoms with Crippen LogP contribution in [0.3, 0.4) is 0 Å². The SMILES string of the molecule is CC(CS(=O)(=O)CC(F)(F)F)C(=O)O. The zero-order valence-corrected chi connectivity index (χ0v) is 8.02. The molecular formula is C6H9F3O4S. The number of halogens is 3. The highest BCUT2D eigenvalue weighted by molar-refractivity contribution is 7.91. The second-order valence-corrected chi connectivity index (χ2v) is 5.02. The second kappa shape index (κ2) is 4.16. The van der Waals surface area contributed by atoms with Gasteiger partial charge in [0.05, 0.1) is 11.7 Å². The Balaban J connectivity index is 4.45. The molecule has 84 valence electrons. The number of rotatable bonds is 4. The summed E-state index contributed by atoms with van der Waals surface area (Å²) >= 11 is 0. The summed E-state index contributed by atoms with van der Waals surface area (Å²) in [5.74, 6) is -5.74. The molecule has 14 heavy (non-hydrogen) atoms. The van der Waals surface area contributed by atoms with Crippen LogP contribution >= 0.6 is 0 Å². The van der Waals surface area contributed by atoms with Crippen LogP contribution in [0.25, 0.3) is 0 Å². The summed E-state index contributed by atoms with van der Waals surface area (Å²) in [5, 5.41) is 8.30. The maximum Gasteiger partial charge on any atom is 0.402 e. The second-order valence-electron chi connectivity index (χ2n) is 2.91. The Morgan fingerprint density at radius 2 is 1.86 bits per heavy atom. The first-order valence-electron chi connectivity index (χ1n) is 3.53. The van der Waals surface area contributed by atoms with Gasteiger partial charge in [-0.25, -0.2) is 8.42 Å². The van der Waals surface area contributed by atoms with E-state index in [0.29, 0.717) is 0 Å². The average molecular weight is 234 g/mol. The standard InChI is InChI=1S/C6H9F3O4S/c1-4(5(10)11)2-14(12,13)3-6(7,8)9/h4H,2-3H2,1H3,(H,10,11). The Morgan fingerprint density at radius 1 is 1.43 bits per heavy atom. The summed E-state index contributed by atoms with van der Waals surface area (Å²) in [6, 6.07) is 0. The lowest BCUT2D eigenvalue weighted by atomic mass is 10.2. The molecule has 0 spiro atoms. The molecular weight excluding hydrogens is 225 g/mol. The van der Waals surface area contributed by atoms with E-state index in [1.54, 1.807) is 0 Å². The van der Waals surface area contributed by atoms with Gasteiger partial charge >= 0.3 is 12.1 Å². The van der Waals surface area contributed by atoms with Crippen LogP contribution in [0.1, 0.15) is 6.92 Å². The minimum atomic E-state index is -4.82. The van der Waals surface area contributed by atoms with Crippen LogP contribution in [-0.4, -0.2) is 37.2 Å². The van der Waals surface area contributed by atoms with Crippen LogP contribution in [0.4, 0.5) is 13.2 Å². The number of sulfone groups is 1. The Kier molecular flexibility index (Phi) is 3.92. The van der Waals surface area contributed by atoms with Crippen molar-refractivity contribution in [2.75, 3.05) is 11.5 Å². The summed E-state index contributed by atoms with van der Waals surface area (Å²) in [7, 11) is -4.39. The van der Waals surface area contributed by atoms with E-state index < -0.39 is 39.4 Å². The molecule has 0 fully saturated rings. The maximum atomic E-state index is 11.7. The summed E-state index contributed by atoms with van der Waals surface area (Å²) in [6.45, 7) is 1.04. The van der Waals surface area contributed by atoms with Crippen LogP contribution < -0.4 is 0 Å². The fourth-order valence-electron chi connectivity index (χ4n) is 0.760. The molecule has 0 rings (SSSR count). The quantitative estimate of drug-likeness (QED) is 0.776. The molecule has 0 saturated carbocycles. The highest BCUT2D eigenvalue weighted by atomic mass is 32.2. The van der Waals surface area contributed by atoms with E-state index in [4.69, 9.17) is 5.11 Å². The van der Waals surface area contributed by atoms with Gasteiger partial charge in [-0.1, -0.05) is 6.92 Å². The molecule has 0 aromatic carbocycles. The number of carboxylic acid groups (broad SMARTS) is 1. The predicted octanol–water partition coefficient (Wildman–Crippen LogP) is 0.684. The van der Waals surface area contributed by atoms with Gasteiger partial charge in [0.2, 0.25) is 0 Å². The molecule has 0 bridgehead atoms. The third-order valence-corrected chi connectivity index (χ3v) is 3.08. The number of carbonyl (C=O) groups is 1. The molecule has 0 aliphatic heterocycles. The van der Waals surface area contributed by atoms with E-state index in [1.165, 1.54) is 0 Å². The maximum absolute atomic E-state index is 11.7. The van der Waals surface area contributed by atoms with Crippen LogP contribution in [0.15, 0.2) is 0 Å². The number of carboxylic acids is 1. The van der Waals surface area contributed by atoms with Crippen LogP contribution in [0.5, 0.6) is 0 Å². The van der Waals surface area contributed by atoms with Crippen molar-refractivity contribution in [3.05, 3.63) is 0 Å². The fraction of sp³-hybridized carbons (Fsp3) is 0.833. The van der Waals surface area contributed by atoms with Gasteiger partial charge in [-0.15, -0.1) is 0 Å². The molecule has 1 N–H and O–H groups in total. The Bertz CT molecular complexity index is 306. The molecule has 0 heterocycles. The third kappa shape index (κ3) is 5.79. The molecule has 1 unspecified atom stereocenters. The van der Waals surface area contributed by atoms with Crippen LogP contribution in [0, 0.1) is 5.92 Å². The van der Waals surface area contributed by atoms with Gasteiger partial charge in [0.15, 0.2) is 9.84 Å². The van der Waals surface area contributed by atoms with Crippen molar-refractivity contribution in [1.29, 1.82) is 0 Å². The lowest BCUT2D eigenvalue weighted by Gasteiger charge is -2.09. The van der Waals surface area contributed by atoms with Gasteiger partial charge in [0, 0.05) is 0 Å². The van der Waals surface area contributed by atoms with E-state index in [-0.39, 0.29) is 0 Å². The summed E-state index contributed by atoms with van der Waals surface area (Å²) in [5.41, 5.74) is 0. The number of hydrogen-bond acceptors (Lipinski definition) is 3. The first-order valence-corrected chi connectivity index (χ1v) is 5.35. The molecule has 1 atom stereocenters. The molecule has 0 aliphatic carbocycles. The summed E-state index contributed by atoms with van der Waals surface area (Å²) < 4.78 is 56.6. The van der Waals surface area contributed by atoms with E-state index in [1.807, 2.05) is 0 Å². The number of hydrogen-bond donors (Lipinski definition) is 1. The Hall–Kier alpha value is -0.790. The Morgan fingerprint density at radius 3 is 2.14 bits per heavy atom. The summed E-state index contributed by atoms with van der Waals surface area (Å²) in [6.07, 6.45) is -4.82. The average Bonchev–Trinajstić information content (AvgIpc) is 1.78. The van der Waals surface area contributed by atoms with Gasteiger partial charge in [0.1, 0.15) is 5.75 Å². The van der Waals surface area contributed by atoms with E-state index in [9.17, 15) is 26.4 Å². The zero-order valence-electron chi connectivity index (χ0n) is 7.21. The van der Waals surface area contributed by atoms with Crippen molar-refractivity contribution >= 4 is 15.8 Å². The highest BCUT2D eigenvalue weighted by Gasteiger charge is 2.36. The van der Waals surface area contributed by atoms with Gasteiger partial charge in [-0.05, 0) is 0 Å².